The van der Waals surface area contributed by atoms with Crippen molar-refractivity contribution in [2.75, 3.05) is 32.1 Å². The van der Waals surface area contributed by atoms with E-state index in [1.54, 1.807) is 18.1 Å². The van der Waals surface area contributed by atoms with E-state index in [-0.39, 0.29) is 12.1 Å². The smallest absolute Gasteiger partial charge is 0.490 e. The van der Waals surface area contributed by atoms with Crippen molar-refractivity contribution in [1.29, 1.82) is 0 Å². The maximum atomic E-state index is 13.1. The fourth-order valence-electron chi connectivity index (χ4n) is 4.37. The van der Waals surface area contributed by atoms with E-state index in [0.717, 1.165) is 46.5 Å². The highest BCUT2D eigenvalue weighted by Gasteiger charge is 2.38. The van der Waals surface area contributed by atoms with Crippen molar-refractivity contribution in [1.82, 2.24) is 30.0 Å². The zero-order valence-electron chi connectivity index (χ0n) is 22.4. The van der Waals surface area contributed by atoms with Crippen LogP contribution in [0.2, 0.25) is 0 Å². The van der Waals surface area contributed by atoms with Crippen LogP contribution in [0.1, 0.15) is 6.92 Å². The first kappa shape index (κ1) is 29.3. The number of hydrogen-bond acceptors (Lipinski definition) is 7. The highest BCUT2D eigenvalue weighted by molar-refractivity contribution is 6.01. The number of benzene rings is 2. The molecule has 11 nitrogen and oxygen atoms in total. The van der Waals surface area contributed by atoms with Gasteiger partial charge in [-0.15, -0.1) is 0 Å². The van der Waals surface area contributed by atoms with Gasteiger partial charge in [-0.1, -0.05) is 30.3 Å². The molecule has 1 aliphatic rings. The molecule has 14 heteroatoms. The number of carbonyl (C=O) groups excluding carboxylic acids is 1. The predicted octanol–water partition coefficient (Wildman–Crippen LogP) is 4.16. The van der Waals surface area contributed by atoms with Crippen LogP contribution >= 0.6 is 0 Å². The van der Waals surface area contributed by atoms with Crippen molar-refractivity contribution < 1.29 is 32.6 Å². The molecule has 4 aromatic rings. The van der Waals surface area contributed by atoms with Gasteiger partial charge in [0.1, 0.15) is 17.8 Å². The summed E-state index contributed by atoms with van der Waals surface area (Å²) in [6, 6.07) is 13.7. The molecule has 0 radical (unpaired) electrons. The summed E-state index contributed by atoms with van der Waals surface area (Å²) in [4.78, 5) is 32.9. The number of ether oxygens (including phenoxy) is 1. The van der Waals surface area contributed by atoms with Gasteiger partial charge in [-0.25, -0.2) is 19.6 Å². The van der Waals surface area contributed by atoms with E-state index >= 15 is 0 Å². The number of carbonyl (C=O) groups is 2. The number of nitrogens with one attached hydrogen (secondary N) is 2. The van der Waals surface area contributed by atoms with Gasteiger partial charge in [0, 0.05) is 61.5 Å². The summed E-state index contributed by atoms with van der Waals surface area (Å²) in [5.74, 6) is -2.21. The average molecular weight is 572 g/mol. The Kier molecular flexibility index (Phi) is 8.71. The Morgan fingerprint density at radius 3 is 2.49 bits per heavy atom. The number of piperazine rings is 1. The van der Waals surface area contributed by atoms with Crippen LogP contribution in [0.3, 0.4) is 0 Å². The van der Waals surface area contributed by atoms with E-state index < -0.39 is 12.1 Å². The minimum absolute atomic E-state index is 0.0999. The topological polar surface area (TPSA) is 134 Å². The number of fused-ring (bicyclic) bond motifs is 1. The second-order valence-electron chi connectivity index (χ2n) is 9.20. The molecule has 5 rings (SSSR count). The lowest BCUT2D eigenvalue weighted by molar-refractivity contribution is -0.192. The maximum Gasteiger partial charge on any atom is 0.490 e. The van der Waals surface area contributed by atoms with Crippen molar-refractivity contribution in [3.05, 3.63) is 55.0 Å². The van der Waals surface area contributed by atoms with Gasteiger partial charge in [0.05, 0.1) is 24.0 Å². The summed E-state index contributed by atoms with van der Waals surface area (Å²) in [6.45, 7) is 4.22. The Morgan fingerprint density at radius 1 is 1.15 bits per heavy atom. The molecular formula is C27H28F3N7O4. The van der Waals surface area contributed by atoms with Gasteiger partial charge in [0.25, 0.3) is 0 Å². The number of urea groups is 1. The van der Waals surface area contributed by atoms with E-state index in [1.807, 2.05) is 67.5 Å². The molecule has 1 aliphatic heterocycles. The number of aryl methyl sites for hydroxylation is 1. The number of anilines is 1. The van der Waals surface area contributed by atoms with Crippen LogP contribution in [0.5, 0.6) is 5.75 Å². The molecule has 0 unspecified atom stereocenters. The van der Waals surface area contributed by atoms with Gasteiger partial charge in [-0.3, -0.25) is 4.68 Å². The Morgan fingerprint density at radius 2 is 1.85 bits per heavy atom. The number of halogens is 3. The Labute approximate surface area is 233 Å². The number of aliphatic carboxylic acids is 1. The summed E-state index contributed by atoms with van der Waals surface area (Å²) in [5, 5.41) is 19.0. The van der Waals surface area contributed by atoms with Crippen molar-refractivity contribution in [3.63, 3.8) is 0 Å². The summed E-state index contributed by atoms with van der Waals surface area (Å²) >= 11 is 0. The van der Waals surface area contributed by atoms with Crippen LogP contribution in [-0.2, 0) is 11.8 Å². The van der Waals surface area contributed by atoms with E-state index in [4.69, 9.17) is 14.6 Å². The minimum atomic E-state index is -5.08. The number of rotatable bonds is 4. The van der Waals surface area contributed by atoms with E-state index in [9.17, 15) is 18.0 Å². The van der Waals surface area contributed by atoms with Gasteiger partial charge in [-0.05, 0) is 13.0 Å². The molecule has 2 amide bonds. The number of carboxylic acid groups (broad SMARTS) is 1. The monoisotopic (exact) mass is 571 g/mol. The van der Waals surface area contributed by atoms with Gasteiger partial charge >= 0.3 is 18.2 Å². The molecule has 41 heavy (non-hydrogen) atoms. The zero-order chi connectivity index (χ0) is 29.7. The highest BCUT2D eigenvalue weighted by Crippen LogP contribution is 2.37. The van der Waals surface area contributed by atoms with Crippen LogP contribution in [-0.4, -0.2) is 80.7 Å². The minimum Gasteiger partial charge on any atom is -0.494 e. The van der Waals surface area contributed by atoms with Crippen LogP contribution in [0.4, 0.5) is 23.7 Å². The molecule has 0 spiro atoms. The van der Waals surface area contributed by atoms with E-state index in [2.05, 4.69) is 25.7 Å². The maximum absolute atomic E-state index is 13.1. The predicted molar refractivity (Wildman–Crippen MR) is 145 cm³/mol. The van der Waals surface area contributed by atoms with Gasteiger partial charge in [0.2, 0.25) is 0 Å². The molecule has 1 saturated heterocycles. The Bertz CT molecular complexity index is 1540. The average Bonchev–Trinajstić information content (AvgIpc) is 3.34. The summed E-state index contributed by atoms with van der Waals surface area (Å²) in [5.41, 5.74) is 4.76. The molecule has 3 heterocycles. The van der Waals surface area contributed by atoms with Gasteiger partial charge in [0.15, 0.2) is 0 Å². The second kappa shape index (κ2) is 12.2. The fourth-order valence-corrected chi connectivity index (χ4v) is 4.37. The van der Waals surface area contributed by atoms with Crippen molar-refractivity contribution in [2.45, 2.75) is 19.1 Å². The van der Waals surface area contributed by atoms with Gasteiger partial charge < -0.3 is 25.4 Å². The molecule has 216 valence electrons. The number of hydrogen-bond donors (Lipinski definition) is 3. The SMILES string of the molecule is COc1cc2ncnc(-c3cn(C)nc3-c3ccccc3)c2cc1NC(=O)N1CCNC[C@@H]1C.O=C(O)C(F)(F)F. The van der Waals surface area contributed by atoms with Crippen molar-refractivity contribution >= 4 is 28.6 Å². The molecule has 2 aromatic carbocycles. The molecule has 0 bridgehead atoms. The third-order valence-corrected chi connectivity index (χ3v) is 6.33. The Balaban J connectivity index is 0.000000493. The van der Waals surface area contributed by atoms with Gasteiger partial charge in [-0.2, -0.15) is 18.3 Å². The molecule has 0 aliphatic carbocycles. The van der Waals surface area contributed by atoms with Crippen molar-refractivity contribution in [3.8, 4) is 28.3 Å². The number of aromatic nitrogens is 4. The fraction of sp³-hybridized carbons (Fsp3) is 0.296. The standard InChI is InChI=1S/C25H27N7O2.C2HF3O2/c1-16-13-26-9-10-32(16)25(33)29-21-11-18-20(12-22(21)34-3)27-15-28-24(18)19-14-31(2)30-23(19)17-7-5-4-6-8-17;3-2(4,5)1(6)7/h4-8,11-12,14-16,26H,9-10,13H2,1-3H3,(H,29,33);(H,6,7)/t16-;/m0./s1. The Hall–Kier alpha value is -4.72. The molecule has 1 atom stereocenters. The van der Waals surface area contributed by atoms with Crippen molar-refractivity contribution in [2.24, 2.45) is 7.05 Å². The lowest BCUT2D eigenvalue weighted by atomic mass is 10.0. The molecule has 2 aromatic heterocycles. The van der Waals surface area contributed by atoms with Crippen LogP contribution in [0.25, 0.3) is 33.4 Å². The number of amides is 2. The van der Waals surface area contributed by atoms with Crippen LogP contribution in [0.15, 0.2) is 55.0 Å². The van der Waals surface area contributed by atoms with E-state index in [1.165, 1.54) is 0 Å². The quantitative estimate of drug-likeness (QED) is 0.332. The first-order valence-electron chi connectivity index (χ1n) is 12.5. The lowest BCUT2D eigenvalue weighted by Crippen LogP contribution is -2.53. The largest absolute Gasteiger partial charge is 0.494 e. The third kappa shape index (κ3) is 6.72. The normalized spacial score (nSPS) is 15.2. The summed E-state index contributed by atoms with van der Waals surface area (Å²) in [6.07, 6.45) is -1.59. The number of nitrogens with zero attached hydrogens (tertiary/aromatic N) is 5. The zero-order valence-corrected chi connectivity index (χ0v) is 22.4. The molecular weight excluding hydrogens is 543 g/mol. The molecule has 0 saturated carbocycles. The van der Waals surface area contributed by atoms with Crippen LogP contribution in [0, 0.1) is 0 Å². The molecule has 1 fully saturated rings. The van der Waals surface area contributed by atoms with E-state index in [0.29, 0.717) is 18.0 Å². The van der Waals surface area contributed by atoms with Crippen LogP contribution < -0.4 is 15.4 Å². The number of alkyl halides is 3. The molecule has 3 N–H and O–H groups in total. The lowest BCUT2D eigenvalue weighted by Gasteiger charge is -2.34. The first-order chi connectivity index (χ1) is 19.5. The highest BCUT2D eigenvalue weighted by atomic mass is 19.4. The number of methoxy groups -OCH3 is 1. The third-order valence-electron chi connectivity index (χ3n) is 6.33. The number of carboxylic acids is 1. The summed E-state index contributed by atoms with van der Waals surface area (Å²) in [7, 11) is 3.48. The first-order valence-corrected chi connectivity index (χ1v) is 12.5. The second-order valence-corrected chi connectivity index (χ2v) is 9.20. The summed E-state index contributed by atoms with van der Waals surface area (Å²) < 4.78 is 39.1.